The molecule has 0 heterocycles. The van der Waals surface area contributed by atoms with Crippen molar-refractivity contribution >= 4 is 0 Å². The zero-order valence-corrected chi connectivity index (χ0v) is 8.65. The molecule has 0 aliphatic heterocycles. The fourth-order valence-corrected chi connectivity index (χ4v) is 1.52. The molecule has 84 valence electrons. The summed E-state index contributed by atoms with van der Waals surface area (Å²) in [5.41, 5.74) is -1.62. The summed E-state index contributed by atoms with van der Waals surface area (Å²) < 4.78 is 38.9. The zero-order valence-electron chi connectivity index (χ0n) is 8.65. The van der Waals surface area contributed by atoms with Crippen LogP contribution in [-0.2, 0) is 5.60 Å². The molecule has 0 unspecified atom stereocenters. The van der Waals surface area contributed by atoms with Gasteiger partial charge in [-0.2, -0.15) is 0 Å². The number of aliphatic hydroxyl groups is 1. The van der Waals surface area contributed by atoms with Gasteiger partial charge >= 0.3 is 0 Å². The fraction of sp³-hybridized carbons (Fsp3) is 0.455. The Morgan fingerprint density at radius 3 is 2.07 bits per heavy atom. The van der Waals surface area contributed by atoms with Crippen molar-refractivity contribution in [3.05, 3.63) is 35.1 Å². The Morgan fingerprint density at radius 2 is 1.60 bits per heavy atom. The van der Waals surface area contributed by atoms with E-state index in [4.69, 9.17) is 0 Å². The molecule has 0 saturated heterocycles. The molecule has 0 aromatic heterocycles. The molecular weight excluding hydrogens is 205 g/mol. The van der Waals surface area contributed by atoms with Crippen LogP contribution in [-0.4, -0.2) is 5.11 Å². The van der Waals surface area contributed by atoms with E-state index in [1.165, 1.54) is 0 Å². The van der Waals surface area contributed by atoms with Crippen LogP contribution in [0.15, 0.2) is 12.1 Å². The van der Waals surface area contributed by atoms with E-state index in [-0.39, 0.29) is 18.4 Å². The largest absolute Gasteiger partial charge is 0.385 e. The Kier molecular flexibility index (Phi) is 3.39. The molecule has 1 rings (SSSR count). The molecule has 0 bridgehead atoms. The first-order chi connectivity index (χ1) is 6.96. The Labute approximate surface area is 86.5 Å². The highest BCUT2D eigenvalue weighted by molar-refractivity contribution is 5.26. The van der Waals surface area contributed by atoms with Crippen LogP contribution in [0.25, 0.3) is 0 Å². The Hall–Kier alpha value is -1.03. The lowest BCUT2D eigenvalue weighted by molar-refractivity contribution is 0.0240. The molecule has 0 radical (unpaired) electrons. The van der Waals surface area contributed by atoms with Crippen molar-refractivity contribution in [2.24, 2.45) is 0 Å². The summed E-state index contributed by atoms with van der Waals surface area (Å²) >= 11 is 0. The SMILES string of the molecule is CCC(O)(CC)c1ccc(F)c(F)c1F. The monoisotopic (exact) mass is 218 g/mol. The number of hydrogen-bond donors (Lipinski definition) is 1. The molecule has 0 amide bonds. The molecule has 1 nitrogen and oxygen atoms in total. The first kappa shape index (κ1) is 12.0. The second-order valence-corrected chi connectivity index (χ2v) is 3.46. The third-order valence-corrected chi connectivity index (χ3v) is 2.71. The van der Waals surface area contributed by atoms with E-state index in [0.717, 1.165) is 12.1 Å². The van der Waals surface area contributed by atoms with E-state index in [1.807, 2.05) is 0 Å². The standard InChI is InChI=1S/C11H13F3O/c1-3-11(15,4-2)7-5-6-8(12)10(14)9(7)13/h5-6,15H,3-4H2,1-2H3. The second-order valence-electron chi connectivity index (χ2n) is 3.46. The summed E-state index contributed by atoms with van der Waals surface area (Å²) in [4.78, 5) is 0. The summed E-state index contributed by atoms with van der Waals surface area (Å²) in [7, 11) is 0. The van der Waals surface area contributed by atoms with E-state index >= 15 is 0 Å². The summed E-state index contributed by atoms with van der Waals surface area (Å²) in [5.74, 6) is -4.08. The van der Waals surface area contributed by atoms with Gasteiger partial charge in [-0.25, -0.2) is 13.2 Å². The molecule has 0 atom stereocenters. The van der Waals surface area contributed by atoms with Crippen LogP contribution in [0.5, 0.6) is 0 Å². The topological polar surface area (TPSA) is 20.2 Å². The molecule has 0 aliphatic carbocycles. The highest BCUT2D eigenvalue weighted by Crippen LogP contribution is 2.31. The van der Waals surface area contributed by atoms with E-state index in [1.54, 1.807) is 13.8 Å². The first-order valence-corrected chi connectivity index (χ1v) is 4.82. The zero-order chi connectivity index (χ0) is 11.6. The van der Waals surface area contributed by atoms with Crippen LogP contribution in [0, 0.1) is 17.5 Å². The predicted molar refractivity (Wildman–Crippen MR) is 50.8 cm³/mol. The first-order valence-electron chi connectivity index (χ1n) is 4.82. The molecule has 0 saturated carbocycles. The minimum Gasteiger partial charge on any atom is -0.385 e. The van der Waals surface area contributed by atoms with Crippen molar-refractivity contribution in [1.82, 2.24) is 0 Å². The molecule has 0 aliphatic rings. The fourth-order valence-electron chi connectivity index (χ4n) is 1.52. The van der Waals surface area contributed by atoms with E-state index in [0.29, 0.717) is 0 Å². The van der Waals surface area contributed by atoms with Gasteiger partial charge in [-0.1, -0.05) is 19.9 Å². The molecule has 0 spiro atoms. The normalized spacial score (nSPS) is 11.9. The highest BCUT2D eigenvalue weighted by atomic mass is 19.2. The number of halogens is 3. The Morgan fingerprint density at radius 1 is 1.07 bits per heavy atom. The van der Waals surface area contributed by atoms with E-state index in [2.05, 4.69) is 0 Å². The third-order valence-electron chi connectivity index (χ3n) is 2.71. The average molecular weight is 218 g/mol. The molecule has 1 aromatic carbocycles. The van der Waals surface area contributed by atoms with Crippen LogP contribution in [0.1, 0.15) is 32.3 Å². The van der Waals surface area contributed by atoms with Gasteiger partial charge in [0.25, 0.3) is 0 Å². The molecule has 4 heteroatoms. The van der Waals surface area contributed by atoms with Crippen LogP contribution in [0.3, 0.4) is 0 Å². The second kappa shape index (κ2) is 4.23. The highest BCUT2D eigenvalue weighted by Gasteiger charge is 2.30. The maximum Gasteiger partial charge on any atom is 0.194 e. The van der Waals surface area contributed by atoms with Crippen LogP contribution >= 0.6 is 0 Å². The van der Waals surface area contributed by atoms with Gasteiger partial charge in [0.2, 0.25) is 0 Å². The van der Waals surface area contributed by atoms with Gasteiger partial charge < -0.3 is 5.11 Å². The lowest BCUT2D eigenvalue weighted by atomic mass is 9.88. The van der Waals surface area contributed by atoms with Crippen LogP contribution in [0.4, 0.5) is 13.2 Å². The summed E-state index contributed by atoms with van der Waals surface area (Å²) in [6, 6.07) is 1.91. The minimum absolute atomic E-state index is 0.189. The van der Waals surface area contributed by atoms with Gasteiger partial charge in [0, 0.05) is 5.56 Å². The molecule has 1 aromatic rings. The third kappa shape index (κ3) is 2.00. The molecule has 1 N–H and O–H groups in total. The predicted octanol–water partition coefficient (Wildman–Crippen LogP) is 3.11. The minimum atomic E-state index is -1.53. The van der Waals surface area contributed by atoms with Crippen LogP contribution < -0.4 is 0 Å². The van der Waals surface area contributed by atoms with Gasteiger partial charge in [-0.15, -0.1) is 0 Å². The van der Waals surface area contributed by atoms with Crippen molar-refractivity contribution < 1.29 is 18.3 Å². The van der Waals surface area contributed by atoms with Gasteiger partial charge in [0.05, 0.1) is 5.60 Å². The van der Waals surface area contributed by atoms with Crippen molar-refractivity contribution in [3.8, 4) is 0 Å². The Balaban J connectivity index is 3.32. The molecule has 0 fully saturated rings. The van der Waals surface area contributed by atoms with Crippen molar-refractivity contribution in [2.45, 2.75) is 32.3 Å². The summed E-state index contributed by atoms with van der Waals surface area (Å²) in [6.45, 7) is 3.31. The van der Waals surface area contributed by atoms with Gasteiger partial charge in [-0.3, -0.25) is 0 Å². The van der Waals surface area contributed by atoms with Gasteiger partial charge in [0.15, 0.2) is 17.5 Å². The Bertz CT molecular complexity index is 359. The van der Waals surface area contributed by atoms with Crippen LogP contribution in [0.2, 0.25) is 0 Å². The van der Waals surface area contributed by atoms with Crippen molar-refractivity contribution in [1.29, 1.82) is 0 Å². The number of hydrogen-bond acceptors (Lipinski definition) is 1. The van der Waals surface area contributed by atoms with Crippen molar-refractivity contribution in [2.75, 3.05) is 0 Å². The van der Waals surface area contributed by atoms with E-state index < -0.39 is 23.1 Å². The molecule has 15 heavy (non-hydrogen) atoms. The number of rotatable bonds is 3. The maximum absolute atomic E-state index is 13.4. The smallest absolute Gasteiger partial charge is 0.194 e. The lowest BCUT2D eigenvalue weighted by Gasteiger charge is -2.26. The summed E-state index contributed by atoms with van der Waals surface area (Å²) in [5, 5.41) is 9.97. The van der Waals surface area contributed by atoms with Gasteiger partial charge in [-0.05, 0) is 18.9 Å². The number of benzene rings is 1. The summed E-state index contributed by atoms with van der Waals surface area (Å²) in [6.07, 6.45) is 0.483. The average Bonchev–Trinajstić information content (AvgIpc) is 2.25. The quantitative estimate of drug-likeness (QED) is 0.773. The van der Waals surface area contributed by atoms with E-state index in [9.17, 15) is 18.3 Å². The molecular formula is C11H13F3O. The van der Waals surface area contributed by atoms with Gasteiger partial charge in [0.1, 0.15) is 0 Å². The van der Waals surface area contributed by atoms with Crippen molar-refractivity contribution in [3.63, 3.8) is 0 Å². The maximum atomic E-state index is 13.4. The lowest BCUT2D eigenvalue weighted by Crippen LogP contribution is -2.25.